The summed E-state index contributed by atoms with van der Waals surface area (Å²) in [5.41, 5.74) is 3.18. The average Bonchev–Trinajstić information content (AvgIpc) is 2.67. The van der Waals surface area contributed by atoms with Gasteiger partial charge in [0.05, 0.1) is 4.92 Å². The Kier molecular flexibility index (Phi) is 5.89. The molecule has 5 heteroatoms. The molecule has 2 aromatic rings. The molecule has 3 rings (SSSR count). The Labute approximate surface area is 154 Å². The van der Waals surface area contributed by atoms with Crippen LogP contribution >= 0.6 is 0 Å². The molecule has 1 aliphatic rings. The highest BCUT2D eigenvalue weighted by molar-refractivity contribution is 5.72. The monoisotopic (exact) mass is 354 g/mol. The van der Waals surface area contributed by atoms with Gasteiger partial charge in [-0.1, -0.05) is 38.1 Å². The Bertz CT molecular complexity index is 770. The summed E-state index contributed by atoms with van der Waals surface area (Å²) in [6.45, 7) is 7.24. The quantitative estimate of drug-likeness (QED) is 0.535. The molecule has 1 heterocycles. The highest BCUT2D eigenvalue weighted by atomic mass is 16.6. The fourth-order valence-corrected chi connectivity index (χ4v) is 3.74. The molecule has 138 valence electrons. The van der Waals surface area contributed by atoms with Crippen LogP contribution in [0.3, 0.4) is 0 Å². The zero-order valence-electron chi connectivity index (χ0n) is 15.5. The van der Waals surface area contributed by atoms with E-state index < -0.39 is 0 Å². The first-order valence-electron chi connectivity index (χ1n) is 9.37. The minimum Gasteiger partial charge on any atom is -0.492 e. The van der Waals surface area contributed by atoms with Crippen LogP contribution in [0, 0.1) is 10.1 Å². The maximum absolute atomic E-state index is 11.1. The van der Waals surface area contributed by atoms with E-state index in [0.717, 1.165) is 54.8 Å². The summed E-state index contributed by atoms with van der Waals surface area (Å²) in [5, 5.41) is 11.1. The van der Waals surface area contributed by atoms with Gasteiger partial charge in [0.25, 0.3) is 5.69 Å². The smallest absolute Gasteiger partial charge is 0.270 e. The van der Waals surface area contributed by atoms with Gasteiger partial charge in [-0.2, -0.15) is 0 Å². The standard InChI is InChI=1S/C21H26N2O3/c1-3-11-22(12-4-2)18-14-20-19(9-6-10-21(20)26-15-18)16-7-5-8-17(13-16)23(24)25/h5-10,13,18H,3-4,11-12,14-15H2,1-2H3. The molecule has 0 aromatic heterocycles. The highest BCUT2D eigenvalue weighted by Crippen LogP contribution is 2.36. The Morgan fingerprint density at radius 3 is 2.58 bits per heavy atom. The van der Waals surface area contributed by atoms with E-state index in [2.05, 4.69) is 18.7 Å². The summed E-state index contributed by atoms with van der Waals surface area (Å²) in [6.07, 6.45) is 3.15. The third-order valence-corrected chi connectivity index (χ3v) is 4.91. The number of benzene rings is 2. The van der Waals surface area contributed by atoms with Crippen molar-refractivity contribution in [2.45, 2.75) is 39.2 Å². The Hall–Kier alpha value is -2.40. The molecule has 0 aliphatic carbocycles. The van der Waals surface area contributed by atoms with E-state index in [-0.39, 0.29) is 10.6 Å². The number of rotatable bonds is 7. The van der Waals surface area contributed by atoms with Crippen molar-refractivity contribution >= 4 is 5.69 Å². The minimum absolute atomic E-state index is 0.118. The van der Waals surface area contributed by atoms with Gasteiger partial charge in [-0.25, -0.2) is 0 Å². The lowest BCUT2D eigenvalue weighted by atomic mass is 9.92. The van der Waals surface area contributed by atoms with Crippen molar-refractivity contribution in [3.63, 3.8) is 0 Å². The Balaban J connectivity index is 1.94. The molecule has 0 bridgehead atoms. The number of hydrogen-bond donors (Lipinski definition) is 0. The maximum Gasteiger partial charge on any atom is 0.270 e. The predicted molar refractivity (Wildman–Crippen MR) is 104 cm³/mol. The number of non-ortho nitro benzene ring substituents is 1. The number of nitrogens with zero attached hydrogens (tertiary/aromatic N) is 2. The van der Waals surface area contributed by atoms with Crippen molar-refractivity contribution in [3.8, 4) is 16.9 Å². The van der Waals surface area contributed by atoms with Crippen LogP contribution in [0.4, 0.5) is 5.69 Å². The van der Waals surface area contributed by atoms with Gasteiger partial charge in [-0.3, -0.25) is 15.0 Å². The third kappa shape index (κ3) is 3.88. The van der Waals surface area contributed by atoms with Crippen molar-refractivity contribution in [2.75, 3.05) is 19.7 Å². The normalized spacial score (nSPS) is 16.2. The second-order valence-electron chi connectivity index (χ2n) is 6.79. The molecule has 0 spiro atoms. The van der Waals surface area contributed by atoms with Crippen LogP contribution in [0.5, 0.6) is 5.75 Å². The average molecular weight is 354 g/mol. The van der Waals surface area contributed by atoms with E-state index >= 15 is 0 Å². The number of hydrogen-bond acceptors (Lipinski definition) is 4. The van der Waals surface area contributed by atoms with Gasteiger partial charge in [-0.15, -0.1) is 0 Å². The van der Waals surface area contributed by atoms with Crippen molar-refractivity contribution in [1.29, 1.82) is 0 Å². The lowest BCUT2D eigenvalue weighted by molar-refractivity contribution is -0.384. The Morgan fingerprint density at radius 1 is 1.15 bits per heavy atom. The molecular weight excluding hydrogens is 328 g/mol. The van der Waals surface area contributed by atoms with E-state index in [1.54, 1.807) is 12.1 Å². The largest absolute Gasteiger partial charge is 0.492 e. The first-order valence-corrected chi connectivity index (χ1v) is 9.37. The number of fused-ring (bicyclic) bond motifs is 1. The summed E-state index contributed by atoms with van der Waals surface area (Å²) >= 11 is 0. The molecule has 5 nitrogen and oxygen atoms in total. The molecule has 0 amide bonds. The number of ether oxygens (including phenoxy) is 1. The first kappa shape index (κ1) is 18.4. The third-order valence-electron chi connectivity index (χ3n) is 4.91. The summed E-state index contributed by atoms with van der Waals surface area (Å²) < 4.78 is 6.07. The molecule has 1 aliphatic heterocycles. The Morgan fingerprint density at radius 2 is 1.88 bits per heavy atom. The number of nitro groups is 1. The molecule has 26 heavy (non-hydrogen) atoms. The molecule has 2 aromatic carbocycles. The van der Waals surface area contributed by atoms with Gasteiger partial charge in [0, 0.05) is 23.7 Å². The van der Waals surface area contributed by atoms with Crippen LogP contribution in [0.25, 0.3) is 11.1 Å². The van der Waals surface area contributed by atoms with Crippen LogP contribution in [-0.2, 0) is 6.42 Å². The summed E-state index contributed by atoms with van der Waals surface area (Å²) in [7, 11) is 0. The molecule has 0 fully saturated rings. The van der Waals surface area contributed by atoms with Gasteiger partial charge in [0.2, 0.25) is 0 Å². The molecule has 0 saturated heterocycles. The molecule has 1 atom stereocenters. The summed E-state index contributed by atoms with van der Waals surface area (Å²) in [5.74, 6) is 0.901. The van der Waals surface area contributed by atoms with Gasteiger partial charge < -0.3 is 4.74 Å². The zero-order valence-corrected chi connectivity index (χ0v) is 15.5. The van der Waals surface area contributed by atoms with Crippen molar-refractivity contribution in [3.05, 3.63) is 58.1 Å². The van der Waals surface area contributed by atoms with Gasteiger partial charge >= 0.3 is 0 Å². The van der Waals surface area contributed by atoms with E-state index in [1.165, 1.54) is 6.07 Å². The lowest BCUT2D eigenvalue weighted by Crippen LogP contribution is -2.44. The molecule has 0 radical (unpaired) electrons. The molecular formula is C21H26N2O3. The molecule has 1 unspecified atom stereocenters. The fourth-order valence-electron chi connectivity index (χ4n) is 3.74. The van der Waals surface area contributed by atoms with E-state index in [0.29, 0.717) is 12.6 Å². The number of nitro benzene ring substituents is 1. The second kappa shape index (κ2) is 8.32. The van der Waals surface area contributed by atoms with Crippen molar-refractivity contribution in [2.24, 2.45) is 0 Å². The fraction of sp³-hybridized carbons (Fsp3) is 0.429. The van der Waals surface area contributed by atoms with Crippen molar-refractivity contribution < 1.29 is 9.66 Å². The highest BCUT2D eigenvalue weighted by Gasteiger charge is 2.27. The van der Waals surface area contributed by atoms with Crippen LogP contribution in [0.1, 0.15) is 32.3 Å². The van der Waals surface area contributed by atoms with E-state index in [4.69, 9.17) is 4.74 Å². The first-order chi connectivity index (χ1) is 12.6. The van der Waals surface area contributed by atoms with E-state index in [1.807, 2.05) is 24.3 Å². The maximum atomic E-state index is 11.1. The SMILES string of the molecule is CCCN(CCC)C1COc2cccc(-c3cccc([N+](=O)[O-])c3)c2C1. The topological polar surface area (TPSA) is 55.6 Å². The van der Waals surface area contributed by atoms with E-state index in [9.17, 15) is 10.1 Å². The van der Waals surface area contributed by atoms with Crippen LogP contribution in [0.15, 0.2) is 42.5 Å². The predicted octanol–water partition coefficient (Wildman–Crippen LogP) is 4.69. The van der Waals surface area contributed by atoms with Gasteiger partial charge in [0.15, 0.2) is 0 Å². The van der Waals surface area contributed by atoms with Crippen LogP contribution < -0.4 is 4.74 Å². The minimum atomic E-state index is -0.345. The summed E-state index contributed by atoms with van der Waals surface area (Å²) in [4.78, 5) is 13.3. The molecule has 0 saturated carbocycles. The zero-order chi connectivity index (χ0) is 18.5. The second-order valence-corrected chi connectivity index (χ2v) is 6.79. The summed E-state index contributed by atoms with van der Waals surface area (Å²) in [6, 6.07) is 13.2. The van der Waals surface area contributed by atoms with Crippen LogP contribution in [0.2, 0.25) is 0 Å². The van der Waals surface area contributed by atoms with Gasteiger partial charge in [0.1, 0.15) is 12.4 Å². The lowest BCUT2D eigenvalue weighted by Gasteiger charge is -2.35. The van der Waals surface area contributed by atoms with Gasteiger partial charge in [-0.05, 0) is 49.5 Å². The van der Waals surface area contributed by atoms with Crippen LogP contribution in [-0.4, -0.2) is 35.6 Å². The molecule has 0 N–H and O–H groups in total. The van der Waals surface area contributed by atoms with Crippen molar-refractivity contribution in [1.82, 2.24) is 4.90 Å².